The number of nitrogens with zero attached hydrogens (tertiary/aromatic N) is 3. The minimum atomic E-state index is -1.32. The summed E-state index contributed by atoms with van der Waals surface area (Å²) in [6.07, 6.45) is -3.39. The van der Waals surface area contributed by atoms with E-state index >= 15 is 0 Å². The number of carbonyl (C=O) groups is 1. The number of hydrogen-bond acceptors (Lipinski definition) is 8. The van der Waals surface area contributed by atoms with Gasteiger partial charge < -0.3 is 25.0 Å². The molecule has 0 saturated carbocycles. The molecule has 0 radical (unpaired) electrons. The molecule has 0 amide bonds. The van der Waals surface area contributed by atoms with Crippen molar-refractivity contribution in [1.82, 2.24) is 19.5 Å². The number of aromatic amines is 1. The Morgan fingerprint density at radius 2 is 2.17 bits per heavy atom. The predicted octanol–water partition coefficient (Wildman–Crippen LogP) is -2.14. The molecule has 0 aliphatic carbocycles. The molecule has 1 fully saturated rings. The topological polar surface area (TPSA) is 151 Å². The first-order chi connectivity index (χ1) is 10.9. The fourth-order valence-electron chi connectivity index (χ4n) is 2.59. The van der Waals surface area contributed by atoms with Crippen LogP contribution in [0.15, 0.2) is 11.1 Å². The Balaban J connectivity index is 2.06. The zero-order valence-corrected chi connectivity index (χ0v) is 12.2. The second-order valence-electron chi connectivity index (χ2n) is 5.44. The Morgan fingerprint density at radius 1 is 1.43 bits per heavy atom. The van der Waals surface area contributed by atoms with Crippen LogP contribution in [0, 0.1) is 0 Å². The molecule has 23 heavy (non-hydrogen) atoms. The van der Waals surface area contributed by atoms with E-state index in [9.17, 15) is 19.8 Å². The summed E-state index contributed by atoms with van der Waals surface area (Å²) in [6.45, 7) is 0.901. The van der Waals surface area contributed by atoms with Gasteiger partial charge in [-0.25, -0.2) is 9.97 Å². The smallest absolute Gasteiger partial charge is 0.279 e. The van der Waals surface area contributed by atoms with Crippen molar-refractivity contribution in [3.63, 3.8) is 0 Å². The molecular weight excluding hydrogens is 308 g/mol. The van der Waals surface area contributed by atoms with E-state index in [1.165, 1.54) is 17.8 Å². The lowest BCUT2D eigenvalue weighted by Gasteiger charge is -2.16. The average Bonchev–Trinajstić information content (AvgIpc) is 3.01. The van der Waals surface area contributed by atoms with Gasteiger partial charge in [0.25, 0.3) is 5.56 Å². The highest BCUT2D eigenvalue weighted by atomic mass is 16.6. The van der Waals surface area contributed by atoms with Gasteiger partial charge in [0.15, 0.2) is 17.4 Å². The number of imidazole rings is 1. The average molecular weight is 324 g/mol. The van der Waals surface area contributed by atoms with Gasteiger partial charge >= 0.3 is 0 Å². The molecule has 0 aromatic carbocycles. The maximum atomic E-state index is 12.0. The van der Waals surface area contributed by atoms with Crippen molar-refractivity contribution in [3.8, 4) is 0 Å². The molecule has 1 aliphatic rings. The fourth-order valence-corrected chi connectivity index (χ4v) is 2.59. The summed E-state index contributed by atoms with van der Waals surface area (Å²) in [5, 5.41) is 29.0. The van der Waals surface area contributed by atoms with Crippen molar-refractivity contribution >= 4 is 16.9 Å². The van der Waals surface area contributed by atoms with Crippen molar-refractivity contribution in [3.05, 3.63) is 22.5 Å². The number of ketones is 1. The van der Waals surface area contributed by atoms with Crippen LogP contribution in [0.1, 0.15) is 19.0 Å². The van der Waals surface area contributed by atoms with Crippen LogP contribution in [-0.2, 0) is 16.0 Å². The van der Waals surface area contributed by atoms with E-state index in [0.717, 1.165) is 0 Å². The van der Waals surface area contributed by atoms with Crippen molar-refractivity contribution in [2.45, 2.75) is 37.9 Å². The van der Waals surface area contributed by atoms with Gasteiger partial charge in [0.1, 0.15) is 29.9 Å². The minimum absolute atomic E-state index is 0.0232. The molecule has 0 unspecified atom stereocenters. The van der Waals surface area contributed by atoms with E-state index in [0.29, 0.717) is 0 Å². The lowest BCUT2D eigenvalue weighted by atomic mass is 10.1. The van der Waals surface area contributed by atoms with Crippen LogP contribution in [-0.4, -0.2) is 65.5 Å². The molecule has 124 valence electrons. The zero-order valence-electron chi connectivity index (χ0n) is 12.2. The van der Waals surface area contributed by atoms with Crippen molar-refractivity contribution in [1.29, 1.82) is 0 Å². The Kier molecular flexibility index (Phi) is 3.98. The van der Waals surface area contributed by atoms with Crippen LogP contribution in [0.2, 0.25) is 0 Å². The van der Waals surface area contributed by atoms with Crippen molar-refractivity contribution in [2.75, 3.05) is 6.61 Å². The molecule has 4 N–H and O–H groups in total. The first kappa shape index (κ1) is 15.7. The highest BCUT2D eigenvalue weighted by molar-refractivity contribution is 5.78. The van der Waals surface area contributed by atoms with Gasteiger partial charge in [-0.05, 0) is 6.92 Å². The Bertz CT molecular complexity index is 799. The number of Topliss-reactive ketones (excluding diaryl/α,β-unsaturated/α-hetero) is 1. The van der Waals surface area contributed by atoms with Crippen LogP contribution in [0.3, 0.4) is 0 Å². The van der Waals surface area contributed by atoms with Gasteiger partial charge in [0, 0.05) is 0 Å². The lowest BCUT2D eigenvalue weighted by molar-refractivity contribution is -0.116. The largest absolute Gasteiger partial charge is 0.394 e. The molecule has 10 nitrogen and oxygen atoms in total. The quantitative estimate of drug-likeness (QED) is 0.497. The fraction of sp³-hybridized carbons (Fsp3) is 0.538. The molecule has 1 aliphatic heterocycles. The maximum absolute atomic E-state index is 12.0. The van der Waals surface area contributed by atoms with Gasteiger partial charge in [-0.1, -0.05) is 0 Å². The molecular formula is C13H16N4O6. The maximum Gasteiger partial charge on any atom is 0.279 e. The molecule has 2 aromatic rings. The van der Waals surface area contributed by atoms with Gasteiger partial charge in [-0.3, -0.25) is 14.2 Å². The third kappa shape index (κ3) is 2.65. The second kappa shape index (κ2) is 5.81. The van der Waals surface area contributed by atoms with E-state index in [1.807, 2.05) is 0 Å². The van der Waals surface area contributed by atoms with Crippen LogP contribution >= 0.6 is 0 Å². The Hall–Kier alpha value is -2.14. The van der Waals surface area contributed by atoms with E-state index < -0.39 is 36.7 Å². The number of aliphatic hydroxyl groups excluding tert-OH is 3. The van der Waals surface area contributed by atoms with Gasteiger partial charge in [-0.15, -0.1) is 0 Å². The Labute approximate surface area is 129 Å². The van der Waals surface area contributed by atoms with Crippen LogP contribution in [0.25, 0.3) is 11.2 Å². The minimum Gasteiger partial charge on any atom is -0.394 e. The molecule has 0 bridgehead atoms. The number of ether oxygens (including phenoxy) is 1. The number of aliphatic hydroxyl groups is 3. The molecule has 10 heteroatoms. The number of nitrogens with one attached hydrogen (secondary N) is 1. The number of H-pyrrole nitrogens is 1. The summed E-state index contributed by atoms with van der Waals surface area (Å²) < 4.78 is 6.71. The van der Waals surface area contributed by atoms with E-state index in [2.05, 4.69) is 15.0 Å². The number of hydrogen-bond donors (Lipinski definition) is 4. The monoisotopic (exact) mass is 324 g/mol. The first-order valence-electron chi connectivity index (χ1n) is 7.00. The van der Waals surface area contributed by atoms with Crippen LogP contribution < -0.4 is 5.56 Å². The van der Waals surface area contributed by atoms with Gasteiger partial charge in [0.05, 0.1) is 19.4 Å². The van der Waals surface area contributed by atoms with Gasteiger partial charge in [-0.2, -0.15) is 0 Å². The predicted molar refractivity (Wildman–Crippen MR) is 75.5 cm³/mol. The van der Waals surface area contributed by atoms with E-state index in [1.54, 1.807) is 0 Å². The number of fused-ring (bicyclic) bond motifs is 1. The lowest BCUT2D eigenvalue weighted by Crippen LogP contribution is -2.33. The summed E-state index contributed by atoms with van der Waals surface area (Å²) in [6, 6.07) is 0. The molecule has 1 saturated heterocycles. The summed E-state index contributed by atoms with van der Waals surface area (Å²) in [5.74, 6) is -0.00465. The molecule has 2 aromatic heterocycles. The van der Waals surface area contributed by atoms with Crippen molar-refractivity contribution < 1.29 is 24.9 Å². The molecule has 3 rings (SSSR count). The highest BCUT2D eigenvalue weighted by Crippen LogP contribution is 2.30. The van der Waals surface area contributed by atoms with E-state index in [-0.39, 0.29) is 29.2 Å². The number of aromatic nitrogens is 4. The first-order valence-corrected chi connectivity index (χ1v) is 7.00. The second-order valence-corrected chi connectivity index (χ2v) is 5.44. The number of carbonyl (C=O) groups excluding carboxylic acids is 1. The standard InChI is InChI=1S/C13H16N4O6/c1-5(19)2-7-15-11-8(12(22)16-7)14-4-17(11)13-10(21)9(20)6(3-18)23-13/h4,6,9-10,13,18,20-21H,2-3H2,1H3,(H,15,16,22)/t6-,9-,10-,13-/m1/s1. The highest BCUT2D eigenvalue weighted by Gasteiger charge is 2.44. The molecule has 0 spiro atoms. The Morgan fingerprint density at radius 3 is 2.78 bits per heavy atom. The summed E-state index contributed by atoms with van der Waals surface area (Å²) >= 11 is 0. The summed E-state index contributed by atoms with van der Waals surface area (Å²) in [4.78, 5) is 33.8. The SMILES string of the molecule is CC(=O)Cc1nc2c(ncn2[C@@H]2O[C@H](CO)[C@@H](O)[C@H]2O)c(=O)[nH]1. The molecule has 3 heterocycles. The third-order valence-corrected chi connectivity index (χ3v) is 3.69. The molecule has 4 atom stereocenters. The van der Waals surface area contributed by atoms with Gasteiger partial charge in [0.2, 0.25) is 0 Å². The van der Waals surface area contributed by atoms with Crippen LogP contribution in [0.5, 0.6) is 0 Å². The summed E-state index contributed by atoms with van der Waals surface area (Å²) in [7, 11) is 0. The van der Waals surface area contributed by atoms with E-state index in [4.69, 9.17) is 9.84 Å². The normalized spacial score (nSPS) is 27.7. The third-order valence-electron chi connectivity index (χ3n) is 3.69. The van der Waals surface area contributed by atoms with Crippen LogP contribution in [0.4, 0.5) is 0 Å². The van der Waals surface area contributed by atoms with Crippen molar-refractivity contribution in [2.24, 2.45) is 0 Å². The number of rotatable bonds is 4. The zero-order chi connectivity index (χ0) is 16.7. The summed E-state index contributed by atoms with van der Waals surface area (Å²) in [5.41, 5.74) is -0.369.